The minimum absolute atomic E-state index is 0.717. The third kappa shape index (κ3) is 5.38. The Labute approximate surface area is 285 Å². The van der Waals surface area contributed by atoms with Crippen molar-refractivity contribution < 1.29 is 0 Å². The lowest BCUT2D eigenvalue weighted by molar-refractivity contribution is 1.18. The molecular formula is C46H31N3. The fourth-order valence-corrected chi connectivity index (χ4v) is 6.81. The molecule has 0 atom stereocenters. The van der Waals surface area contributed by atoms with E-state index >= 15 is 0 Å². The van der Waals surface area contributed by atoms with Gasteiger partial charge in [-0.25, -0.2) is 9.97 Å². The standard InChI is InChI=1S/C46H31N3/c1-3-13-34(14-4-1)42-31-43(48-46(47-42)35-15-5-2-6-16-35)38-19-11-17-36(29-38)32-25-27-33(28-26-32)37-18-12-20-39(30-37)49-44-23-9-7-21-40(44)41-22-8-10-24-45(41)49/h1-31H. The van der Waals surface area contributed by atoms with Crippen LogP contribution in [0, 0.1) is 0 Å². The average Bonchev–Trinajstić information content (AvgIpc) is 3.53. The summed E-state index contributed by atoms with van der Waals surface area (Å²) in [4.78, 5) is 10.00. The van der Waals surface area contributed by atoms with Gasteiger partial charge in [-0.05, 0) is 58.7 Å². The van der Waals surface area contributed by atoms with Crippen molar-refractivity contribution in [3.63, 3.8) is 0 Å². The molecule has 0 radical (unpaired) electrons. The Kier molecular flexibility index (Phi) is 7.14. The summed E-state index contributed by atoms with van der Waals surface area (Å²) in [6, 6.07) is 66.2. The Morgan fingerprint density at radius 3 is 1.41 bits per heavy atom. The summed E-state index contributed by atoms with van der Waals surface area (Å²) in [7, 11) is 0. The van der Waals surface area contributed by atoms with E-state index in [1.54, 1.807) is 0 Å². The van der Waals surface area contributed by atoms with E-state index in [0.29, 0.717) is 0 Å². The van der Waals surface area contributed by atoms with Gasteiger partial charge in [0, 0.05) is 33.2 Å². The first-order valence-electron chi connectivity index (χ1n) is 16.6. The highest BCUT2D eigenvalue weighted by molar-refractivity contribution is 6.09. The predicted molar refractivity (Wildman–Crippen MR) is 204 cm³/mol. The van der Waals surface area contributed by atoms with Crippen molar-refractivity contribution in [2.24, 2.45) is 0 Å². The van der Waals surface area contributed by atoms with Gasteiger partial charge in [0.15, 0.2) is 5.82 Å². The summed E-state index contributed by atoms with van der Waals surface area (Å²) in [5.41, 5.74) is 13.2. The summed E-state index contributed by atoms with van der Waals surface area (Å²) in [6.45, 7) is 0. The van der Waals surface area contributed by atoms with Crippen LogP contribution >= 0.6 is 0 Å². The van der Waals surface area contributed by atoms with Gasteiger partial charge in [0.25, 0.3) is 0 Å². The van der Waals surface area contributed by atoms with Crippen molar-refractivity contribution in [2.75, 3.05) is 0 Å². The topological polar surface area (TPSA) is 30.7 Å². The van der Waals surface area contributed by atoms with Gasteiger partial charge in [-0.3, -0.25) is 0 Å². The fraction of sp³-hybridized carbons (Fsp3) is 0. The first-order valence-corrected chi connectivity index (χ1v) is 16.6. The van der Waals surface area contributed by atoms with Gasteiger partial charge < -0.3 is 4.57 Å². The number of hydrogen-bond donors (Lipinski definition) is 0. The van der Waals surface area contributed by atoms with Crippen LogP contribution in [0.15, 0.2) is 188 Å². The van der Waals surface area contributed by atoms with Crippen molar-refractivity contribution in [1.82, 2.24) is 14.5 Å². The molecule has 0 aliphatic rings. The number of para-hydroxylation sites is 2. The highest BCUT2D eigenvalue weighted by atomic mass is 15.0. The number of fused-ring (bicyclic) bond motifs is 3. The predicted octanol–water partition coefficient (Wildman–Crippen LogP) is 11.9. The van der Waals surface area contributed by atoms with Crippen LogP contribution in [0.3, 0.4) is 0 Å². The molecule has 0 N–H and O–H groups in total. The molecule has 0 fully saturated rings. The molecule has 0 saturated heterocycles. The van der Waals surface area contributed by atoms with Gasteiger partial charge in [-0.1, -0.05) is 152 Å². The first-order chi connectivity index (χ1) is 24.3. The third-order valence-electron chi connectivity index (χ3n) is 9.22. The Hall–Kier alpha value is -6.58. The van der Waals surface area contributed by atoms with E-state index < -0.39 is 0 Å². The van der Waals surface area contributed by atoms with Crippen molar-refractivity contribution in [3.05, 3.63) is 188 Å². The van der Waals surface area contributed by atoms with Crippen molar-refractivity contribution in [1.29, 1.82) is 0 Å². The minimum Gasteiger partial charge on any atom is -0.309 e. The number of rotatable bonds is 6. The molecule has 0 bridgehead atoms. The summed E-state index contributed by atoms with van der Waals surface area (Å²) in [5, 5.41) is 2.54. The summed E-state index contributed by atoms with van der Waals surface area (Å²) < 4.78 is 2.37. The van der Waals surface area contributed by atoms with Gasteiger partial charge in [0.05, 0.1) is 22.4 Å². The summed E-state index contributed by atoms with van der Waals surface area (Å²) in [5.74, 6) is 0.717. The second-order valence-electron chi connectivity index (χ2n) is 12.3. The second kappa shape index (κ2) is 12.2. The van der Waals surface area contributed by atoms with E-state index in [1.165, 1.54) is 32.9 Å². The van der Waals surface area contributed by atoms with E-state index in [2.05, 4.69) is 156 Å². The molecule has 2 aromatic heterocycles. The van der Waals surface area contributed by atoms with E-state index in [0.717, 1.165) is 50.7 Å². The maximum absolute atomic E-state index is 5.04. The number of aromatic nitrogens is 3. The van der Waals surface area contributed by atoms with Crippen LogP contribution in [0.25, 0.3) is 83.6 Å². The third-order valence-corrected chi connectivity index (χ3v) is 9.22. The molecule has 0 aliphatic carbocycles. The largest absolute Gasteiger partial charge is 0.309 e. The zero-order valence-electron chi connectivity index (χ0n) is 26.7. The quantitative estimate of drug-likeness (QED) is 0.184. The second-order valence-corrected chi connectivity index (χ2v) is 12.3. The number of hydrogen-bond acceptors (Lipinski definition) is 2. The van der Waals surface area contributed by atoms with Crippen LogP contribution in [0.4, 0.5) is 0 Å². The summed E-state index contributed by atoms with van der Waals surface area (Å²) in [6.07, 6.45) is 0. The van der Waals surface area contributed by atoms with Crippen molar-refractivity contribution in [2.45, 2.75) is 0 Å². The average molecular weight is 626 g/mol. The molecule has 0 amide bonds. The number of nitrogens with zero attached hydrogens (tertiary/aromatic N) is 3. The van der Waals surface area contributed by atoms with E-state index in [9.17, 15) is 0 Å². The first kappa shape index (κ1) is 28.6. The maximum atomic E-state index is 5.04. The number of benzene rings is 7. The molecule has 230 valence electrons. The van der Waals surface area contributed by atoms with E-state index in [1.807, 2.05) is 36.4 Å². The van der Waals surface area contributed by atoms with E-state index in [-0.39, 0.29) is 0 Å². The molecule has 0 aliphatic heterocycles. The van der Waals surface area contributed by atoms with Gasteiger partial charge in [0.1, 0.15) is 0 Å². The smallest absolute Gasteiger partial charge is 0.160 e. The van der Waals surface area contributed by atoms with Crippen LogP contribution < -0.4 is 0 Å². The molecule has 2 heterocycles. The Bertz CT molecular complexity index is 2470. The molecule has 49 heavy (non-hydrogen) atoms. The lowest BCUT2D eigenvalue weighted by Crippen LogP contribution is -1.96. The maximum Gasteiger partial charge on any atom is 0.160 e. The monoisotopic (exact) mass is 625 g/mol. The molecular weight excluding hydrogens is 595 g/mol. The zero-order valence-corrected chi connectivity index (χ0v) is 26.7. The van der Waals surface area contributed by atoms with E-state index in [4.69, 9.17) is 9.97 Å². The SMILES string of the molecule is c1ccc(-c2cc(-c3cccc(-c4ccc(-c5cccc(-n6c7ccccc7c7ccccc76)c5)cc4)c3)nc(-c3ccccc3)n2)cc1. The van der Waals surface area contributed by atoms with Gasteiger partial charge in [-0.15, -0.1) is 0 Å². The van der Waals surface area contributed by atoms with Gasteiger partial charge >= 0.3 is 0 Å². The lowest BCUT2D eigenvalue weighted by Gasteiger charge is -2.12. The van der Waals surface area contributed by atoms with Crippen LogP contribution in [0.2, 0.25) is 0 Å². The molecule has 3 heteroatoms. The molecule has 9 rings (SSSR count). The van der Waals surface area contributed by atoms with Gasteiger partial charge in [-0.2, -0.15) is 0 Å². The van der Waals surface area contributed by atoms with Crippen LogP contribution in [0.5, 0.6) is 0 Å². The van der Waals surface area contributed by atoms with Crippen LogP contribution in [0.1, 0.15) is 0 Å². The molecule has 0 spiro atoms. The molecule has 0 saturated carbocycles. The zero-order chi connectivity index (χ0) is 32.6. The molecule has 0 unspecified atom stereocenters. The van der Waals surface area contributed by atoms with Crippen LogP contribution in [-0.4, -0.2) is 14.5 Å². The van der Waals surface area contributed by atoms with Gasteiger partial charge in [0.2, 0.25) is 0 Å². The lowest BCUT2D eigenvalue weighted by atomic mass is 9.98. The highest BCUT2D eigenvalue weighted by Crippen LogP contribution is 2.34. The minimum atomic E-state index is 0.717. The normalized spacial score (nSPS) is 11.3. The molecule has 9 aromatic rings. The van der Waals surface area contributed by atoms with Crippen molar-refractivity contribution >= 4 is 21.8 Å². The molecule has 7 aromatic carbocycles. The fourth-order valence-electron chi connectivity index (χ4n) is 6.81. The van der Waals surface area contributed by atoms with Crippen LogP contribution in [-0.2, 0) is 0 Å². The summed E-state index contributed by atoms with van der Waals surface area (Å²) >= 11 is 0. The Balaban J connectivity index is 1.06. The Morgan fingerprint density at radius 1 is 0.306 bits per heavy atom. The highest BCUT2D eigenvalue weighted by Gasteiger charge is 2.13. The van der Waals surface area contributed by atoms with Crippen molar-refractivity contribution in [3.8, 4) is 61.8 Å². The Morgan fingerprint density at radius 2 is 0.776 bits per heavy atom. The molecule has 3 nitrogen and oxygen atoms in total.